The first-order valence-corrected chi connectivity index (χ1v) is 10.4. The molecular weight excluding hydrogens is 440 g/mol. The molecule has 0 aliphatic carbocycles. The van der Waals surface area contributed by atoms with Crippen molar-refractivity contribution in [2.75, 3.05) is 40.5 Å². The van der Waals surface area contributed by atoms with Gasteiger partial charge in [0, 0.05) is 27.2 Å². The lowest BCUT2D eigenvalue weighted by Crippen LogP contribution is -2.61. The zero-order valence-electron chi connectivity index (χ0n) is 18.2. The van der Waals surface area contributed by atoms with Crippen molar-refractivity contribution in [1.29, 1.82) is 0 Å². The largest absolute Gasteiger partial charge is 0.384 e. The molecule has 3 amide bonds. The number of nitrogens with one attached hydrogen (secondary N) is 2. The molecule has 4 heterocycles. The Kier molecular flexibility index (Phi) is 7.21. The Morgan fingerprint density at radius 2 is 1.94 bits per heavy atom. The third kappa shape index (κ3) is 3.90. The number of nitrogens with zero attached hydrogens (tertiary/aromatic N) is 2. The predicted octanol–water partition coefficient (Wildman–Crippen LogP) is -0.275. The van der Waals surface area contributed by atoms with E-state index in [1.165, 1.54) is 4.90 Å². The molecule has 1 aromatic heterocycles. The van der Waals surface area contributed by atoms with Gasteiger partial charge in [0.15, 0.2) is 0 Å². The van der Waals surface area contributed by atoms with Crippen LogP contribution in [0.2, 0.25) is 0 Å². The number of carbonyl (C=O) groups is 3. The number of methoxy groups -OCH3 is 2. The van der Waals surface area contributed by atoms with Gasteiger partial charge in [0.2, 0.25) is 11.8 Å². The summed E-state index contributed by atoms with van der Waals surface area (Å²) < 4.78 is 10.9. The lowest BCUT2D eigenvalue weighted by molar-refractivity contribution is -0.167. The maximum Gasteiger partial charge on any atom is 0.256 e. The van der Waals surface area contributed by atoms with Crippen molar-refractivity contribution >= 4 is 30.1 Å². The predicted molar refractivity (Wildman–Crippen MR) is 115 cm³/mol. The molecule has 4 rings (SSSR count). The fourth-order valence-electron chi connectivity index (χ4n) is 5.01. The molecule has 0 radical (unpaired) electrons. The molecule has 2 saturated heterocycles. The molecule has 3 aliphatic rings. The van der Waals surface area contributed by atoms with Crippen molar-refractivity contribution < 1.29 is 29.0 Å². The lowest BCUT2D eigenvalue weighted by atomic mass is 9.66. The SMILES string of the molecule is COCC1(COC)CNCCC1(O)c1ccc2c(n1)CN(C1CCC(=O)NC1=O)C2=O.Cl. The second-order valence-corrected chi connectivity index (χ2v) is 8.52. The van der Waals surface area contributed by atoms with Gasteiger partial charge in [-0.15, -0.1) is 12.4 Å². The third-order valence-corrected chi connectivity index (χ3v) is 6.64. The number of fused-ring (bicyclic) bond motifs is 1. The van der Waals surface area contributed by atoms with E-state index < -0.39 is 23.0 Å². The highest BCUT2D eigenvalue weighted by Gasteiger charge is 2.54. The van der Waals surface area contributed by atoms with Crippen LogP contribution in [-0.2, 0) is 31.2 Å². The molecule has 11 heteroatoms. The minimum absolute atomic E-state index is 0. The van der Waals surface area contributed by atoms with Crippen LogP contribution in [0, 0.1) is 5.41 Å². The summed E-state index contributed by atoms with van der Waals surface area (Å²) in [6.07, 6.45) is 0.895. The van der Waals surface area contributed by atoms with E-state index in [0.29, 0.717) is 36.5 Å². The molecule has 10 nitrogen and oxygen atoms in total. The summed E-state index contributed by atoms with van der Waals surface area (Å²) >= 11 is 0. The van der Waals surface area contributed by atoms with Crippen LogP contribution in [0.25, 0.3) is 0 Å². The standard InChI is InChI=1S/C21H28N4O6.ClH/c1-30-11-20(12-31-2)10-22-8-7-21(20,29)16-5-3-13-14(23-16)9-25(19(13)28)15-4-6-17(26)24-18(15)27;/h3,5,15,22,29H,4,6-12H2,1-2H3,(H,24,26,27);1H. The van der Waals surface area contributed by atoms with Crippen LogP contribution < -0.4 is 10.6 Å². The number of hydrogen-bond donors (Lipinski definition) is 3. The number of hydrogen-bond acceptors (Lipinski definition) is 8. The Hall–Kier alpha value is -2.11. The average Bonchev–Trinajstić information content (AvgIpc) is 3.06. The molecule has 1 aromatic rings. The van der Waals surface area contributed by atoms with E-state index in [1.807, 2.05) is 0 Å². The van der Waals surface area contributed by atoms with E-state index in [0.717, 1.165) is 0 Å². The average molecular weight is 469 g/mol. The van der Waals surface area contributed by atoms with Gasteiger partial charge in [-0.1, -0.05) is 0 Å². The van der Waals surface area contributed by atoms with Crippen molar-refractivity contribution in [3.63, 3.8) is 0 Å². The van der Waals surface area contributed by atoms with Gasteiger partial charge in [-0.3, -0.25) is 24.7 Å². The van der Waals surface area contributed by atoms with Crippen LogP contribution in [0.5, 0.6) is 0 Å². The molecule has 2 atom stereocenters. The number of piperidine rings is 2. The van der Waals surface area contributed by atoms with Gasteiger partial charge in [-0.2, -0.15) is 0 Å². The Morgan fingerprint density at radius 3 is 2.59 bits per heavy atom. The topological polar surface area (TPSA) is 130 Å². The first kappa shape index (κ1) is 24.5. The number of halogens is 1. The van der Waals surface area contributed by atoms with Gasteiger partial charge in [-0.05, 0) is 31.5 Å². The van der Waals surface area contributed by atoms with Crippen molar-refractivity contribution in [3.8, 4) is 0 Å². The first-order chi connectivity index (χ1) is 14.8. The van der Waals surface area contributed by atoms with Gasteiger partial charge in [0.25, 0.3) is 5.91 Å². The number of imide groups is 1. The van der Waals surface area contributed by atoms with Crippen molar-refractivity contribution in [3.05, 3.63) is 29.1 Å². The molecule has 0 aromatic carbocycles. The van der Waals surface area contributed by atoms with Crippen LogP contribution in [0.3, 0.4) is 0 Å². The minimum atomic E-state index is -1.32. The highest BCUT2D eigenvalue weighted by molar-refractivity contribution is 6.05. The first-order valence-electron chi connectivity index (χ1n) is 10.4. The Morgan fingerprint density at radius 1 is 1.22 bits per heavy atom. The summed E-state index contributed by atoms with van der Waals surface area (Å²) in [4.78, 5) is 42.8. The molecule has 0 bridgehead atoms. The monoisotopic (exact) mass is 468 g/mol. The van der Waals surface area contributed by atoms with E-state index in [4.69, 9.17) is 14.5 Å². The van der Waals surface area contributed by atoms with Crippen molar-refractivity contribution in [1.82, 2.24) is 20.5 Å². The Balaban J connectivity index is 0.00000289. The number of rotatable bonds is 6. The Labute approximate surface area is 192 Å². The zero-order chi connectivity index (χ0) is 22.2. The fraction of sp³-hybridized carbons (Fsp3) is 0.619. The zero-order valence-corrected chi connectivity index (χ0v) is 19.0. The molecule has 3 N–H and O–H groups in total. The van der Waals surface area contributed by atoms with E-state index >= 15 is 0 Å². The normalized spacial score (nSPS) is 27.0. The Bertz CT molecular complexity index is 901. The van der Waals surface area contributed by atoms with E-state index in [2.05, 4.69) is 10.6 Å². The summed E-state index contributed by atoms with van der Waals surface area (Å²) in [5, 5.41) is 17.4. The van der Waals surface area contributed by atoms with Crippen molar-refractivity contribution in [2.24, 2.45) is 5.41 Å². The van der Waals surface area contributed by atoms with Gasteiger partial charge >= 0.3 is 0 Å². The minimum Gasteiger partial charge on any atom is -0.384 e. The second-order valence-electron chi connectivity index (χ2n) is 8.52. The van der Waals surface area contributed by atoms with Gasteiger partial charge in [0.1, 0.15) is 11.6 Å². The van der Waals surface area contributed by atoms with E-state index in [-0.39, 0.29) is 56.8 Å². The van der Waals surface area contributed by atoms with Crippen LogP contribution >= 0.6 is 12.4 Å². The maximum atomic E-state index is 12.9. The number of carbonyl (C=O) groups excluding carboxylic acids is 3. The molecular formula is C21H29ClN4O6. The highest BCUT2D eigenvalue weighted by Crippen LogP contribution is 2.45. The number of amides is 3. The highest BCUT2D eigenvalue weighted by atomic mass is 35.5. The summed E-state index contributed by atoms with van der Waals surface area (Å²) in [7, 11) is 3.16. The fourth-order valence-corrected chi connectivity index (χ4v) is 5.01. The van der Waals surface area contributed by atoms with Gasteiger partial charge in [0.05, 0.1) is 42.1 Å². The molecule has 176 valence electrons. The number of ether oxygens (including phenoxy) is 2. The number of aromatic nitrogens is 1. The maximum absolute atomic E-state index is 12.9. The van der Waals surface area contributed by atoms with Gasteiger partial charge < -0.3 is 24.8 Å². The summed E-state index contributed by atoms with van der Waals surface area (Å²) in [6.45, 7) is 1.79. The quantitative estimate of drug-likeness (QED) is 0.486. The lowest BCUT2D eigenvalue weighted by Gasteiger charge is -2.49. The van der Waals surface area contributed by atoms with Gasteiger partial charge in [-0.25, -0.2) is 0 Å². The molecule has 2 unspecified atom stereocenters. The summed E-state index contributed by atoms with van der Waals surface area (Å²) in [5.41, 5.74) is -0.676. The van der Waals surface area contributed by atoms with E-state index in [9.17, 15) is 19.5 Å². The van der Waals surface area contributed by atoms with Crippen LogP contribution in [0.4, 0.5) is 0 Å². The molecule has 2 fully saturated rings. The van der Waals surface area contributed by atoms with Crippen LogP contribution in [-0.4, -0.2) is 79.3 Å². The molecule has 3 aliphatic heterocycles. The van der Waals surface area contributed by atoms with E-state index in [1.54, 1.807) is 26.4 Å². The molecule has 0 spiro atoms. The van der Waals surface area contributed by atoms with Crippen molar-refractivity contribution in [2.45, 2.75) is 37.5 Å². The number of pyridine rings is 1. The van der Waals surface area contributed by atoms with Crippen LogP contribution in [0.1, 0.15) is 41.0 Å². The number of aliphatic hydroxyl groups is 1. The molecule has 32 heavy (non-hydrogen) atoms. The summed E-state index contributed by atoms with van der Waals surface area (Å²) in [6, 6.07) is 2.64. The second kappa shape index (κ2) is 9.40. The van der Waals surface area contributed by atoms with Crippen LogP contribution in [0.15, 0.2) is 12.1 Å². The third-order valence-electron chi connectivity index (χ3n) is 6.64. The smallest absolute Gasteiger partial charge is 0.256 e. The molecule has 0 saturated carbocycles. The summed E-state index contributed by atoms with van der Waals surface area (Å²) in [5.74, 6) is -1.08.